The van der Waals surface area contributed by atoms with Crippen LogP contribution >= 0.6 is 0 Å². The molecule has 9 nitrogen and oxygen atoms in total. The number of aliphatic hydroxyl groups is 1. The first-order chi connectivity index (χ1) is 20.3. The SMILES string of the molecule is CCCCN1C(=O)[C@@H]([C@H](O)C2CC=CC2)NC(=O)C12CCN(Cc1ccc(COc3ccc(C(=O)O)cc3)cc1)CC2. The number of ether oxygens (including phenoxy) is 1. The molecule has 1 aliphatic carbocycles. The van der Waals surface area contributed by atoms with Crippen molar-refractivity contribution in [2.24, 2.45) is 5.92 Å². The van der Waals surface area contributed by atoms with Gasteiger partial charge in [-0.3, -0.25) is 14.5 Å². The van der Waals surface area contributed by atoms with E-state index < -0.39 is 23.7 Å². The van der Waals surface area contributed by atoms with Crippen molar-refractivity contribution < 1.29 is 29.3 Å². The van der Waals surface area contributed by atoms with Gasteiger partial charge in [0, 0.05) is 26.2 Å². The number of aliphatic hydroxyl groups excluding tert-OH is 1. The molecule has 2 fully saturated rings. The second-order valence-electron chi connectivity index (χ2n) is 11.7. The van der Waals surface area contributed by atoms with Crippen LogP contribution in [0.1, 0.15) is 66.9 Å². The van der Waals surface area contributed by atoms with Gasteiger partial charge in [-0.1, -0.05) is 49.8 Å². The number of hydrogen-bond acceptors (Lipinski definition) is 6. The number of allylic oxidation sites excluding steroid dienone is 2. The molecule has 2 aromatic carbocycles. The quantitative estimate of drug-likeness (QED) is 0.349. The molecule has 3 N–H and O–H groups in total. The van der Waals surface area contributed by atoms with E-state index in [1.165, 1.54) is 12.1 Å². The van der Waals surface area contributed by atoms with E-state index in [1.54, 1.807) is 17.0 Å². The Kier molecular flexibility index (Phi) is 9.28. The number of benzene rings is 2. The summed E-state index contributed by atoms with van der Waals surface area (Å²) in [5.74, 6) is -0.667. The zero-order chi connectivity index (χ0) is 29.7. The molecule has 0 aromatic heterocycles. The van der Waals surface area contributed by atoms with Crippen molar-refractivity contribution in [3.05, 3.63) is 77.4 Å². The third-order valence-corrected chi connectivity index (χ3v) is 8.98. The minimum atomic E-state index is -0.966. The van der Waals surface area contributed by atoms with Crippen LogP contribution in [0.4, 0.5) is 0 Å². The van der Waals surface area contributed by atoms with Gasteiger partial charge in [0.25, 0.3) is 0 Å². The van der Waals surface area contributed by atoms with Gasteiger partial charge in [-0.25, -0.2) is 4.79 Å². The molecule has 42 heavy (non-hydrogen) atoms. The number of carboxylic acids is 1. The molecule has 5 rings (SSSR count). The fourth-order valence-electron chi connectivity index (χ4n) is 6.34. The Morgan fingerprint density at radius 1 is 1.02 bits per heavy atom. The van der Waals surface area contributed by atoms with E-state index in [4.69, 9.17) is 9.84 Å². The minimum Gasteiger partial charge on any atom is -0.489 e. The Bertz CT molecular complexity index is 1280. The number of amides is 2. The lowest BCUT2D eigenvalue weighted by molar-refractivity contribution is -0.165. The van der Waals surface area contributed by atoms with Crippen molar-refractivity contribution >= 4 is 17.8 Å². The van der Waals surface area contributed by atoms with Gasteiger partial charge in [-0.15, -0.1) is 0 Å². The number of rotatable bonds is 11. The smallest absolute Gasteiger partial charge is 0.335 e. The third kappa shape index (κ3) is 6.37. The van der Waals surface area contributed by atoms with Gasteiger partial charge in [-0.2, -0.15) is 0 Å². The van der Waals surface area contributed by atoms with Gasteiger partial charge < -0.3 is 25.2 Å². The van der Waals surface area contributed by atoms with Crippen molar-refractivity contribution in [3.63, 3.8) is 0 Å². The Hall–Kier alpha value is -3.69. The van der Waals surface area contributed by atoms with Gasteiger partial charge in [0.2, 0.25) is 11.8 Å². The molecule has 0 unspecified atom stereocenters. The summed E-state index contributed by atoms with van der Waals surface area (Å²) in [5, 5.41) is 23.0. The summed E-state index contributed by atoms with van der Waals surface area (Å²) >= 11 is 0. The van der Waals surface area contributed by atoms with Crippen LogP contribution in [0, 0.1) is 5.92 Å². The molecule has 2 aromatic rings. The van der Waals surface area contributed by atoms with Crippen molar-refractivity contribution in [1.29, 1.82) is 0 Å². The maximum absolute atomic E-state index is 13.7. The molecule has 0 radical (unpaired) electrons. The molecule has 2 amide bonds. The van der Waals surface area contributed by atoms with E-state index in [-0.39, 0.29) is 23.3 Å². The average Bonchev–Trinajstić information content (AvgIpc) is 3.55. The summed E-state index contributed by atoms with van der Waals surface area (Å²) < 4.78 is 5.80. The normalized spacial score (nSPS) is 21.5. The van der Waals surface area contributed by atoms with Gasteiger partial charge in [0.15, 0.2) is 0 Å². The molecule has 9 heteroatoms. The van der Waals surface area contributed by atoms with Crippen molar-refractivity contribution in [2.45, 2.75) is 76.3 Å². The number of carbonyl (C=O) groups excluding carboxylic acids is 2. The molecule has 2 heterocycles. The average molecular weight is 576 g/mol. The summed E-state index contributed by atoms with van der Waals surface area (Å²) in [5.41, 5.74) is 1.52. The van der Waals surface area contributed by atoms with Gasteiger partial charge in [0.05, 0.1) is 11.7 Å². The van der Waals surface area contributed by atoms with E-state index in [0.29, 0.717) is 44.8 Å². The topological polar surface area (TPSA) is 119 Å². The Morgan fingerprint density at radius 3 is 2.29 bits per heavy atom. The predicted molar refractivity (Wildman–Crippen MR) is 158 cm³/mol. The summed E-state index contributed by atoms with van der Waals surface area (Å²) in [4.78, 5) is 42.5. The highest BCUT2D eigenvalue weighted by molar-refractivity contribution is 6.00. The van der Waals surface area contributed by atoms with E-state index in [1.807, 2.05) is 24.3 Å². The standard InChI is InChI=1S/C33H41N3O6/c1-2-3-18-36-30(38)28(29(37)25-6-4-5-7-25)34-32(41)33(36)16-19-35(20-17-33)21-23-8-10-24(11-9-23)22-42-27-14-12-26(13-15-27)31(39)40/h4-5,8-15,25,28-29,37H,2-3,6-7,16-22H2,1H3,(H,34,41)(H,39,40)/t28-,29-/m1/s1. The molecule has 2 aliphatic heterocycles. The molecule has 1 spiro atoms. The highest BCUT2D eigenvalue weighted by Gasteiger charge is 2.55. The van der Waals surface area contributed by atoms with Crippen LogP contribution in [0.3, 0.4) is 0 Å². The van der Waals surface area contributed by atoms with Crippen molar-refractivity contribution in [3.8, 4) is 5.75 Å². The number of nitrogens with one attached hydrogen (secondary N) is 1. The number of hydrogen-bond donors (Lipinski definition) is 3. The molecule has 224 valence electrons. The lowest BCUT2D eigenvalue weighted by atomic mass is 9.79. The second-order valence-corrected chi connectivity index (χ2v) is 11.7. The fourth-order valence-corrected chi connectivity index (χ4v) is 6.34. The number of carboxylic acid groups (broad SMARTS) is 1. The summed E-state index contributed by atoms with van der Waals surface area (Å²) in [6, 6.07) is 13.7. The zero-order valence-electron chi connectivity index (χ0n) is 24.2. The van der Waals surface area contributed by atoms with Crippen LogP contribution in [0.15, 0.2) is 60.7 Å². The van der Waals surface area contributed by atoms with Gasteiger partial charge >= 0.3 is 5.97 Å². The summed E-state index contributed by atoms with van der Waals surface area (Å²) in [7, 11) is 0. The number of nitrogens with zero attached hydrogens (tertiary/aromatic N) is 2. The third-order valence-electron chi connectivity index (χ3n) is 8.98. The van der Waals surface area contributed by atoms with E-state index >= 15 is 0 Å². The number of piperazine rings is 1. The molecule has 2 atom stereocenters. The van der Waals surface area contributed by atoms with Crippen LogP contribution in [-0.4, -0.2) is 75.1 Å². The highest BCUT2D eigenvalue weighted by atomic mass is 16.5. The van der Waals surface area contributed by atoms with Gasteiger partial charge in [-0.05, 0) is 73.4 Å². The molecule has 3 aliphatic rings. The van der Waals surface area contributed by atoms with Crippen LogP contribution in [-0.2, 0) is 22.7 Å². The Morgan fingerprint density at radius 2 is 1.67 bits per heavy atom. The number of aromatic carboxylic acids is 1. The number of unbranched alkanes of at least 4 members (excludes halogenated alkanes) is 1. The molecule has 2 saturated heterocycles. The Labute approximate surface area is 247 Å². The fraction of sp³-hybridized carbons (Fsp3) is 0.485. The lowest BCUT2D eigenvalue weighted by Gasteiger charge is -2.52. The Balaban J connectivity index is 1.17. The second kappa shape index (κ2) is 13.1. The van der Waals surface area contributed by atoms with E-state index in [0.717, 1.165) is 43.4 Å². The number of piperidine rings is 1. The van der Waals surface area contributed by atoms with E-state index in [2.05, 4.69) is 29.3 Å². The largest absolute Gasteiger partial charge is 0.489 e. The first kappa shape index (κ1) is 29.8. The molecular weight excluding hydrogens is 534 g/mol. The maximum Gasteiger partial charge on any atom is 0.335 e. The molecule has 0 bridgehead atoms. The first-order valence-electron chi connectivity index (χ1n) is 15.0. The van der Waals surface area contributed by atoms with Gasteiger partial charge in [0.1, 0.15) is 23.9 Å². The van der Waals surface area contributed by atoms with Crippen molar-refractivity contribution in [1.82, 2.24) is 15.1 Å². The van der Waals surface area contributed by atoms with Crippen molar-refractivity contribution in [2.75, 3.05) is 19.6 Å². The van der Waals surface area contributed by atoms with Crippen LogP contribution in [0.25, 0.3) is 0 Å². The monoisotopic (exact) mass is 575 g/mol. The van der Waals surface area contributed by atoms with E-state index in [9.17, 15) is 19.5 Å². The molecule has 0 saturated carbocycles. The van der Waals surface area contributed by atoms with Crippen LogP contribution in [0.5, 0.6) is 5.75 Å². The zero-order valence-corrected chi connectivity index (χ0v) is 24.2. The van der Waals surface area contributed by atoms with Crippen LogP contribution in [0.2, 0.25) is 0 Å². The highest BCUT2D eigenvalue weighted by Crippen LogP contribution is 2.36. The maximum atomic E-state index is 13.7. The van der Waals surface area contributed by atoms with Crippen LogP contribution < -0.4 is 10.1 Å². The number of likely N-dealkylation sites (tertiary alicyclic amines) is 1. The lowest BCUT2D eigenvalue weighted by Crippen LogP contribution is -2.75. The first-order valence-corrected chi connectivity index (χ1v) is 15.0. The summed E-state index contributed by atoms with van der Waals surface area (Å²) in [6.07, 6.45) is 7.50. The summed E-state index contributed by atoms with van der Waals surface area (Å²) in [6.45, 7) is 5.12. The predicted octanol–water partition coefficient (Wildman–Crippen LogP) is 3.75. The molecular formula is C33H41N3O6. The number of carbonyl (C=O) groups is 3. The minimum absolute atomic E-state index is 0.0357.